The molecule has 0 bridgehead atoms. The van der Waals surface area contributed by atoms with Crippen molar-refractivity contribution in [3.63, 3.8) is 0 Å². The lowest BCUT2D eigenvalue weighted by Crippen LogP contribution is -2.20. The molecule has 2 aliphatic rings. The van der Waals surface area contributed by atoms with Crippen LogP contribution in [0.25, 0.3) is 0 Å². The van der Waals surface area contributed by atoms with Crippen molar-refractivity contribution in [1.29, 1.82) is 0 Å². The Balaban J connectivity index is 1.39. The molecule has 8 heteroatoms. The van der Waals surface area contributed by atoms with Gasteiger partial charge in [-0.3, -0.25) is 4.79 Å². The smallest absolute Gasteiger partial charge is 0.339 e. The fraction of sp³-hybridized carbons (Fsp3) is 0.167. The van der Waals surface area contributed by atoms with E-state index in [4.69, 9.17) is 25.8 Å². The average Bonchev–Trinajstić information content (AvgIpc) is 3.20. The lowest BCUT2D eigenvalue weighted by molar-refractivity contribution is -0.122. The van der Waals surface area contributed by atoms with Crippen molar-refractivity contribution >= 4 is 29.7 Å². The molecule has 1 amide bonds. The molecule has 1 atom stereocenters. The van der Waals surface area contributed by atoms with Crippen LogP contribution >= 0.6 is 11.6 Å². The minimum absolute atomic E-state index is 0.0189. The Hall–Kier alpha value is -3.06. The molecule has 0 aromatic heterocycles. The summed E-state index contributed by atoms with van der Waals surface area (Å²) in [6.45, 7) is 0.143. The largest absolute Gasteiger partial charge is 0.454 e. The van der Waals surface area contributed by atoms with E-state index in [1.807, 2.05) is 0 Å². The summed E-state index contributed by atoms with van der Waals surface area (Å²) in [5.41, 5.74) is 4.18. The molecule has 0 aliphatic carbocycles. The highest BCUT2D eigenvalue weighted by molar-refractivity contribution is 6.33. The maximum absolute atomic E-state index is 12.1. The topological polar surface area (TPSA) is 86.2 Å². The highest BCUT2D eigenvalue weighted by Gasteiger charge is 2.31. The predicted molar refractivity (Wildman–Crippen MR) is 92.5 cm³/mol. The van der Waals surface area contributed by atoms with E-state index in [1.54, 1.807) is 36.4 Å². The van der Waals surface area contributed by atoms with Crippen LogP contribution in [0, 0.1) is 0 Å². The summed E-state index contributed by atoms with van der Waals surface area (Å²) >= 11 is 6.14. The first-order valence-corrected chi connectivity index (χ1v) is 8.20. The molecular weight excluding hydrogens is 360 g/mol. The van der Waals surface area contributed by atoms with Gasteiger partial charge in [0.2, 0.25) is 12.7 Å². The molecule has 26 heavy (non-hydrogen) atoms. The zero-order chi connectivity index (χ0) is 18.1. The van der Waals surface area contributed by atoms with Gasteiger partial charge >= 0.3 is 5.97 Å². The summed E-state index contributed by atoms with van der Waals surface area (Å²) in [4.78, 5) is 23.9. The van der Waals surface area contributed by atoms with Crippen LogP contribution in [-0.2, 0) is 9.53 Å². The summed E-state index contributed by atoms with van der Waals surface area (Å²) < 4.78 is 15.7. The van der Waals surface area contributed by atoms with E-state index in [9.17, 15) is 9.59 Å². The number of hydrazone groups is 1. The molecule has 0 fully saturated rings. The van der Waals surface area contributed by atoms with Gasteiger partial charge in [0.15, 0.2) is 11.5 Å². The highest BCUT2D eigenvalue weighted by atomic mass is 35.5. The van der Waals surface area contributed by atoms with Crippen molar-refractivity contribution in [2.75, 3.05) is 6.79 Å². The van der Waals surface area contributed by atoms with Crippen LogP contribution in [0.2, 0.25) is 5.02 Å². The van der Waals surface area contributed by atoms with Crippen molar-refractivity contribution in [3.05, 3.63) is 58.1 Å². The number of carbonyl (C=O) groups is 2. The molecule has 1 unspecified atom stereocenters. The van der Waals surface area contributed by atoms with Crippen molar-refractivity contribution in [2.24, 2.45) is 5.10 Å². The van der Waals surface area contributed by atoms with Crippen LogP contribution in [0.5, 0.6) is 11.5 Å². The first kappa shape index (κ1) is 16.4. The quantitative estimate of drug-likeness (QED) is 0.506. The SMILES string of the molecule is O=C(CC1OC(=O)c2ccccc21)N/N=C/c1cc2c(cc1Cl)OCO2. The summed E-state index contributed by atoms with van der Waals surface area (Å²) in [6, 6.07) is 10.3. The van der Waals surface area contributed by atoms with Crippen molar-refractivity contribution in [1.82, 2.24) is 5.43 Å². The normalized spacial score (nSPS) is 17.3. The lowest BCUT2D eigenvalue weighted by atomic mass is 10.0. The van der Waals surface area contributed by atoms with Gasteiger partial charge in [-0.25, -0.2) is 10.2 Å². The van der Waals surface area contributed by atoms with E-state index in [1.165, 1.54) is 6.21 Å². The van der Waals surface area contributed by atoms with Gasteiger partial charge < -0.3 is 14.2 Å². The number of cyclic esters (lactones) is 1. The van der Waals surface area contributed by atoms with Gasteiger partial charge in [-0.15, -0.1) is 0 Å². The van der Waals surface area contributed by atoms with Crippen LogP contribution in [0.3, 0.4) is 0 Å². The van der Waals surface area contributed by atoms with Crippen LogP contribution in [0.4, 0.5) is 0 Å². The molecular formula is C18H13ClN2O5. The number of fused-ring (bicyclic) bond motifs is 2. The van der Waals surface area contributed by atoms with Gasteiger partial charge in [0, 0.05) is 17.2 Å². The van der Waals surface area contributed by atoms with Gasteiger partial charge in [0.1, 0.15) is 6.10 Å². The Morgan fingerprint density at radius 3 is 2.88 bits per heavy atom. The Morgan fingerprint density at radius 2 is 2.04 bits per heavy atom. The second-order valence-corrected chi connectivity index (χ2v) is 6.11. The minimum Gasteiger partial charge on any atom is -0.454 e. The zero-order valence-electron chi connectivity index (χ0n) is 13.4. The van der Waals surface area contributed by atoms with Gasteiger partial charge in [-0.2, -0.15) is 5.10 Å². The number of benzene rings is 2. The second kappa shape index (κ2) is 6.68. The summed E-state index contributed by atoms with van der Waals surface area (Å²) in [6.07, 6.45) is 0.786. The molecule has 4 rings (SSSR count). The number of rotatable bonds is 4. The number of hydrogen-bond donors (Lipinski definition) is 1. The highest BCUT2D eigenvalue weighted by Crippen LogP contribution is 2.36. The van der Waals surface area contributed by atoms with E-state index < -0.39 is 12.1 Å². The van der Waals surface area contributed by atoms with Crippen molar-refractivity contribution in [3.8, 4) is 11.5 Å². The number of nitrogens with zero attached hydrogens (tertiary/aromatic N) is 1. The third-order valence-corrected chi connectivity index (χ3v) is 4.36. The lowest BCUT2D eigenvalue weighted by Gasteiger charge is -2.09. The van der Waals surface area contributed by atoms with E-state index >= 15 is 0 Å². The Kier molecular flexibility index (Phi) is 4.22. The molecule has 0 saturated heterocycles. The van der Waals surface area contributed by atoms with E-state index in [2.05, 4.69) is 10.5 Å². The van der Waals surface area contributed by atoms with Gasteiger partial charge in [0.25, 0.3) is 0 Å². The number of hydrogen-bond acceptors (Lipinski definition) is 6. The van der Waals surface area contributed by atoms with Gasteiger partial charge in [0.05, 0.1) is 23.2 Å². The maximum atomic E-state index is 12.1. The van der Waals surface area contributed by atoms with E-state index in [0.717, 1.165) is 0 Å². The van der Waals surface area contributed by atoms with Crippen molar-refractivity contribution < 1.29 is 23.8 Å². The van der Waals surface area contributed by atoms with E-state index in [-0.39, 0.29) is 19.1 Å². The van der Waals surface area contributed by atoms with Crippen LogP contribution in [-0.4, -0.2) is 24.9 Å². The first-order chi connectivity index (χ1) is 12.6. The standard InChI is InChI=1S/C18H13ClN2O5/c19-13-6-16-15(24-9-25-16)5-10(13)8-20-21-17(22)7-14-11-3-1-2-4-12(11)18(23)26-14/h1-6,8,14H,7,9H2,(H,21,22)/b20-8+. The Bertz CT molecular complexity index is 928. The number of esters is 1. The first-order valence-electron chi connectivity index (χ1n) is 7.83. The monoisotopic (exact) mass is 372 g/mol. The number of carbonyl (C=O) groups excluding carboxylic acids is 2. The van der Waals surface area contributed by atoms with E-state index in [0.29, 0.717) is 33.2 Å². The van der Waals surface area contributed by atoms with Gasteiger partial charge in [-0.1, -0.05) is 29.8 Å². The number of halogens is 1. The van der Waals surface area contributed by atoms with Gasteiger partial charge in [-0.05, 0) is 12.1 Å². The van der Waals surface area contributed by atoms with Crippen LogP contribution in [0.1, 0.15) is 34.0 Å². The molecule has 2 aromatic carbocycles. The van der Waals surface area contributed by atoms with Crippen LogP contribution < -0.4 is 14.9 Å². The molecule has 0 saturated carbocycles. The Labute approximate surface area is 153 Å². The molecule has 2 aromatic rings. The third kappa shape index (κ3) is 3.09. The van der Waals surface area contributed by atoms with Crippen LogP contribution in [0.15, 0.2) is 41.5 Å². The number of amides is 1. The zero-order valence-corrected chi connectivity index (χ0v) is 14.2. The second-order valence-electron chi connectivity index (χ2n) is 5.71. The molecule has 132 valence electrons. The maximum Gasteiger partial charge on any atom is 0.339 e. The summed E-state index contributed by atoms with van der Waals surface area (Å²) in [7, 11) is 0. The third-order valence-electron chi connectivity index (χ3n) is 4.03. The molecule has 2 heterocycles. The fourth-order valence-electron chi connectivity index (χ4n) is 2.79. The minimum atomic E-state index is -0.608. The average molecular weight is 373 g/mol. The van der Waals surface area contributed by atoms with Crippen molar-refractivity contribution in [2.45, 2.75) is 12.5 Å². The molecule has 0 radical (unpaired) electrons. The molecule has 2 aliphatic heterocycles. The molecule has 7 nitrogen and oxygen atoms in total. The Morgan fingerprint density at radius 1 is 1.27 bits per heavy atom. The summed E-state index contributed by atoms with van der Waals surface area (Å²) in [5.74, 6) is 0.330. The number of ether oxygens (including phenoxy) is 3. The summed E-state index contributed by atoms with van der Waals surface area (Å²) in [5, 5.41) is 4.32. The predicted octanol–water partition coefficient (Wildman–Crippen LogP) is 2.82. The number of nitrogens with one attached hydrogen (secondary N) is 1. The molecule has 0 spiro atoms. The molecule has 1 N–H and O–H groups in total. The fourth-order valence-corrected chi connectivity index (χ4v) is 2.99.